The Kier molecular flexibility index (Phi) is 3.38. The van der Waals surface area contributed by atoms with Gasteiger partial charge in [0.2, 0.25) is 0 Å². The van der Waals surface area contributed by atoms with E-state index in [1.807, 2.05) is 6.20 Å². The average Bonchev–Trinajstić information content (AvgIpc) is 3.07. The topological polar surface area (TPSA) is 29.9 Å². The summed E-state index contributed by atoms with van der Waals surface area (Å²) in [5.74, 6) is 1.13. The summed E-state index contributed by atoms with van der Waals surface area (Å²) >= 11 is 0. The molecule has 0 bridgehead atoms. The van der Waals surface area contributed by atoms with Crippen molar-refractivity contribution in [2.75, 3.05) is 0 Å². The summed E-state index contributed by atoms with van der Waals surface area (Å²) < 4.78 is 2.24. The van der Waals surface area contributed by atoms with Crippen LogP contribution in [0.1, 0.15) is 35.4 Å². The van der Waals surface area contributed by atoms with Crippen LogP contribution in [0.15, 0.2) is 30.6 Å². The second-order valence-corrected chi connectivity index (χ2v) is 5.62. The predicted molar refractivity (Wildman–Crippen MR) is 77.1 cm³/mol. The molecule has 1 aliphatic carbocycles. The lowest BCUT2D eigenvalue weighted by Gasteiger charge is -2.10. The number of nitrogens with zero attached hydrogens (tertiary/aromatic N) is 2. The third-order valence-corrected chi connectivity index (χ3v) is 3.56. The zero-order valence-electron chi connectivity index (χ0n) is 11.7. The van der Waals surface area contributed by atoms with Crippen molar-refractivity contribution < 1.29 is 0 Å². The van der Waals surface area contributed by atoms with Crippen molar-refractivity contribution in [1.29, 1.82) is 0 Å². The van der Waals surface area contributed by atoms with Crippen LogP contribution >= 0.6 is 0 Å². The first-order valence-electron chi connectivity index (χ1n) is 7.01. The summed E-state index contributed by atoms with van der Waals surface area (Å²) in [5.41, 5.74) is 4.00. The van der Waals surface area contributed by atoms with Crippen LogP contribution in [-0.4, -0.2) is 15.6 Å². The fraction of sp³-hybridized carbons (Fsp3) is 0.438. The van der Waals surface area contributed by atoms with Crippen molar-refractivity contribution in [2.45, 2.75) is 45.8 Å². The Labute approximate surface area is 114 Å². The molecule has 3 nitrogen and oxygen atoms in total. The maximum Gasteiger partial charge on any atom is 0.122 e. The number of hydrogen-bond donors (Lipinski definition) is 1. The molecule has 3 rings (SSSR count). The van der Waals surface area contributed by atoms with E-state index in [1.165, 1.54) is 29.5 Å². The summed E-state index contributed by atoms with van der Waals surface area (Å²) in [6.45, 7) is 6.09. The van der Waals surface area contributed by atoms with Gasteiger partial charge in [-0.1, -0.05) is 29.3 Å². The highest BCUT2D eigenvalue weighted by molar-refractivity contribution is 5.28. The quantitative estimate of drug-likeness (QED) is 0.890. The van der Waals surface area contributed by atoms with E-state index in [1.54, 1.807) is 0 Å². The molecule has 19 heavy (non-hydrogen) atoms. The van der Waals surface area contributed by atoms with Gasteiger partial charge in [0.25, 0.3) is 0 Å². The Morgan fingerprint density at radius 1 is 1.21 bits per heavy atom. The molecular formula is C16H21N3. The first-order chi connectivity index (χ1) is 9.20. The second kappa shape index (κ2) is 5.17. The summed E-state index contributed by atoms with van der Waals surface area (Å²) in [7, 11) is 0. The lowest BCUT2D eigenvalue weighted by atomic mass is 10.1. The van der Waals surface area contributed by atoms with Gasteiger partial charge in [0.1, 0.15) is 5.82 Å². The molecule has 1 aromatic heterocycles. The zero-order valence-corrected chi connectivity index (χ0v) is 11.7. The third-order valence-electron chi connectivity index (χ3n) is 3.56. The summed E-state index contributed by atoms with van der Waals surface area (Å²) in [5, 5.41) is 3.52. The molecule has 3 heteroatoms. The molecule has 2 aromatic rings. The van der Waals surface area contributed by atoms with Gasteiger partial charge in [-0.3, -0.25) is 0 Å². The van der Waals surface area contributed by atoms with Crippen molar-refractivity contribution >= 4 is 0 Å². The van der Waals surface area contributed by atoms with Crippen LogP contribution in [0.5, 0.6) is 0 Å². The van der Waals surface area contributed by atoms with E-state index < -0.39 is 0 Å². The van der Waals surface area contributed by atoms with E-state index in [0.717, 1.165) is 25.0 Å². The minimum absolute atomic E-state index is 0.728. The van der Waals surface area contributed by atoms with E-state index in [4.69, 9.17) is 0 Å². The van der Waals surface area contributed by atoms with Gasteiger partial charge in [0.05, 0.1) is 6.54 Å². The lowest BCUT2D eigenvalue weighted by molar-refractivity contribution is 0.618. The number of benzene rings is 1. The Balaban J connectivity index is 1.72. The summed E-state index contributed by atoms with van der Waals surface area (Å²) in [6.07, 6.45) is 6.60. The monoisotopic (exact) mass is 255 g/mol. The molecular weight excluding hydrogens is 234 g/mol. The number of aromatic nitrogens is 2. The van der Waals surface area contributed by atoms with Crippen molar-refractivity contribution in [1.82, 2.24) is 14.9 Å². The normalized spacial score (nSPS) is 14.8. The molecule has 0 saturated heterocycles. The Morgan fingerprint density at radius 2 is 1.95 bits per heavy atom. The van der Waals surface area contributed by atoms with E-state index >= 15 is 0 Å². The summed E-state index contributed by atoms with van der Waals surface area (Å²) in [6, 6.07) is 7.45. The molecule has 0 aliphatic heterocycles. The minimum Gasteiger partial charge on any atom is -0.329 e. The third kappa shape index (κ3) is 3.24. The van der Waals surface area contributed by atoms with E-state index in [2.05, 4.69) is 53.1 Å². The molecule has 0 spiro atoms. The van der Waals surface area contributed by atoms with Crippen LogP contribution in [0.25, 0.3) is 0 Å². The predicted octanol–water partition coefficient (Wildman–Crippen LogP) is 2.80. The van der Waals surface area contributed by atoms with Gasteiger partial charge in [0, 0.05) is 25.0 Å². The number of rotatable bonds is 5. The minimum atomic E-state index is 0.728. The molecule has 0 unspecified atom stereocenters. The van der Waals surface area contributed by atoms with Crippen LogP contribution in [0, 0.1) is 13.8 Å². The maximum absolute atomic E-state index is 4.46. The van der Waals surface area contributed by atoms with Crippen LogP contribution in [0.3, 0.4) is 0 Å². The fourth-order valence-electron chi connectivity index (χ4n) is 2.53. The van der Waals surface area contributed by atoms with Crippen molar-refractivity contribution in [3.05, 3.63) is 53.1 Å². The molecule has 0 atom stereocenters. The number of aryl methyl sites for hydroxylation is 2. The van der Waals surface area contributed by atoms with Crippen LogP contribution in [0.4, 0.5) is 0 Å². The average molecular weight is 255 g/mol. The molecule has 1 saturated carbocycles. The second-order valence-electron chi connectivity index (χ2n) is 5.62. The van der Waals surface area contributed by atoms with Crippen LogP contribution in [-0.2, 0) is 13.1 Å². The Bertz CT molecular complexity index is 547. The van der Waals surface area contributed by atoms with Gasteiger partial charge in [-0.15, -0.1) is 0 Å². The SMILES string of the molecule is Cc1cc(C)cc(Cn2ccnc2CNC2CC2)c1. The first kappa shape index (κ1) is 12.4. The van der Waals surface area contributed by atoms with Gasteiger partial charge in [-0.05, 0) is 32.3 Å². The van der Waals surface area contributed by atoms with Crippen molar-refractivity contribution in [3.63, 3.8) is 0 Å². The molecule has 1 heterocycles. The van der Waals surface area contributed by atoms with Gasteiger partial charge < -0.3 is 9.88 Å². The highest BCUT2D eigenvalue weighted by atomic mass is 15.1. The van der Waals surface area contributed by atoms with Gasteiger partial charge >= 0.3 is 0 Å². The standard InChI is InChI=1S/C16H21N3/c1-12-7-13(2)9-14(8-12)11-19-6-5-17-16(19)10-18-15-3-4-15/h5-9,15,18H,3-4,10-11H2,1-2H3. The van der Waals surface area contributed by atoms with Gasteiger partial charge in [-0.2, -0.15) is 0 Å². The molecule has 0 amide bonds. The highest BCUT2D eigenvalue weighted by Crippen LogP contribution is 2.19. The van der Waals surface area contributed by atoms with E-state index in [9.17, 15) is 0 Å². The van der Waals surface area contributed by atoms with Crippen molar-refractivity contribution in [3.8, 4) is 0 Å². The highest BCUT2D eigenvalue weighted by Gasteiger charge is 2.20. The molecule has 1 N–H and O–H groups in total. The van der Waals surface area contributed by atoms with Crippen LogP contribution in [0.2, 0.25) is 0 Å². The zero-order chi connectivity index (χ0) is 13.2. The molecule has 1 fully saturated rings. The fourth-order valence-corrected chi connectivity index (χ4v) is 2.53. The van der Waals surface area contributed by atoms with Crippen LogP contribution < -0.4 is 5.32 Å². The Hall–Kier alpha value is -1.61. The molecule has 1 aliphatic rings. The number of nitrogens with one attached hydrogen (secondary N) is 1. The van der Waals surface area contributed by atoms with Gasteiger partial charge in [0.15, 0.2) is 0 Å². The number of imidazole rings is 1. The maximum atomic E-state index is 4.46. The molecule has 1 aromatic carbocycles. The molecule has 100 valence electrons. The van der Waals surface area contributed by atoms with Crippen molar-refractivity contribution in [2.24, 2.45) is 0 Å². The van der Waals surface area contributed by atoms with E-state index in [0.29, 0.717) is 0 Å². The largest absolute Gasteiger partial charge is 0.329 e. The molecule has 0 radical (unpaired) electrons. The lowest BCUT2D eigenvalue weighted by Crippen LogP contribution is -2.19. The van der Waals surface area contributed by atoms with Gasteiger partial charge in [-0.25, -0.2) is 4.98 Å². The smallest absolute Gasteiger partial charge is 0.122 e. The summed E-state index contributed by atoms with van der Waals surface area (Å²) in [4.78, 5) is 4.46. The Morgan fingerprint density at radius 3 is 2.63 bits per heavy atom. The number of hydrogen-bond acceptors (Lipinski definition) is 2. The van der Waals surface area contributed by atoms with E-state index in [-0.39, 0.29) is 0 Å². The first-order valence-corrected chi connectivity index (χ1v) is 7.01.